The predicted molar refractivity (Wildman–Crippen MR) is 72.7 cm³/mol. The highest BCUT2D eigenvalue weighted by Gasteiger charge is 2.38. The third kappa shape index (κ3) is 2.85. The van der Waals surface area contributed by atoms with Crippen LogP contribution in [-0.4, -0.2) is 32.0 Å². The average molecular weight is 266 g/mol. The summed E-state index contributed by atoms with van der Waals surface area (Å²) in [5, 5.41) is 10.9. The molecule has 106 valence electrons. The van der Waals surface area contributed by atoms with Gasteiger partial charge in [-0.2, -0.15) is 0 Å². The van der Waals surface area contributed by atoms with Crippen LogP contribution in [0.5, 0.6) is 11.5 Å². The maximum Gasteiger partial charge on any atom is 0.128 e. The number of methoxy groups -OCH3 is 2. The van der Waals surface area contributed by atoms with Crippen LogP contribution in [0.4, 0.5) is 0 Å². The fourth-order valence-corrected chi connectivity index (χ4v) is 2.62. The van der Waals surface area contributed by atoms with E-state index in [2.05, 4.69) is 6.92 Å². The highest BCUT2D eigenvalue weighted by molar-refractivity contribution is 5.44. The maximum absolute atomic E-state index is 10.9. The van der Waals surface area contributed by atoms with Crippen LogP contribution >= 0.6 is 0 Å². The molecule has 0 aromatic heterocycles. The second-order valence-electron chi connectivity index (χ2n) is 4.95. The van der Waals surface area contributed by atoms with Crippen molar-refractivity contribution in [1.82, 2.24) is 0 Å². The van der Waals surface area contributed by atoms with E-state index < -0.39 is 5.60 Å². The summed E-state index contributed by atoms with van der Waals surface area (Å²) in [6.07, 6.45) is 2.20. The van der Waals surface area contributed by atoms with Crippen molar-refractivity contribution in [3.8, 4) is 11.5 Å². The zero-order valence-electron chi connectivity index (χ0n) is 11.8. The number of aliphatic hydroxyl groups is 1. The van der Waals surface area contributed by atoms with Crippen molar-refractivity contribution in [3.05, 3.63) is 23.8 Å². The van der Waals surface area contributed by atoms with E-state index in [1.807, 2.05) is 18.2 Å². The maximum atomic E-state index is 10.9. The van der Waals surface area contributed by atoms with Gasteiger partial charge in [0.25, 0.3) is 0 Å². The first-order chi connectivity index (χ1) is 9.12. The molecule has 1 heterocycles. The number of hydrogen-bond donors (Lipinski definition) is 1. The second kappa shape index (κ2) is 5.80. The van der Waals surface area contributed by atoms with E-state index in [4.69, 9.17) is 14.2 Å². The van der Waals surface area contributed by atoms with Gasteiger partial charge < -0.3 is 19.3 Å². The quantitative estimate of drug-likeness (QED) is 0.909. The summed E-state index contributed by atoms with van der Waals surface area (Å²) < 4.78 is 16.2. The Morgan fingerprint density at radius 2 is 2.16 bits per heavy atom. The van der Waals surface area contributed by atoms with Crippen molar-refractivity contribution >= 4 is 0 Å². The van der Waals surface area contributed by atoms with Gasteiger partial charge >= 0.3 is 0 Å². The first-order valence-corrected chi connectivity index (χ1v) is 6.69. The van der Waals surface area contributed by atoms with Crippen molar-refractivity contribution in [2.45, 2.75) is 37.9 Å². The van der Waals surface area contributed by atoms with Crippen LogP contribution in [0.2, 0.25) is 0 Å². The van der Waals surface area contributed by atoms with E-state index in [-0.39, 0.29) is 6.10 Å². The monoisotopic (exact) mass is 266 g/mol. The molecule has 1 fully saturated rings. The smallest absolute Gasteiger partial charge is 0.128 e. The molecule has 1 aliphatic heterocycles. The molecular weight excluding hydrogens is 244 g/mol. The lowest BCUT2D eigenvalue weighted by Gasteiger charge is -2.37. The van der Waals surface area contributed by atoms with Crippen LogP contribution in [0, 0.1) is 0 Å². The third-order valence-corrected chi connectivity index (χ3v) is 3.80. The van der Waals surface area contributed by atoms with Crippen LogP contribution < -0.4 is 9.47 Å². The second-order valence-corrected chi connectivity index (χ2v) is 4.95. The molecule has 1 N–H and O–H groups in total. The predicted octanol–water partition coefficient (Wildman–Crippen LogP) is 2.48. The van der Waals surface area contributed by atoms with Gasteiger partial charge in [-0.3, -0.25) is 0 Å². The summed E-state index contributed by atoms with van der Waals surface area (Å²) in [6.45, 7) is 2.64. The number of rotatable bonds is 4. The molecule has 0 radical (unpaired) electrons. The van der Waals surface area contributed by atoms with E-state index in [1.165, 1.54) is 0 Å². The van der Waals surface area contributed by atoms with E-state index in [1.54, 1.807) is 14.2 Å². The average Bonchev–Trinajstić information content (AvgIpc) is 2.46. The van der Waals surface area contributed by atoms with Crippen LogP contribution in [-0.2, 0) is 10.3 Å². The van der Waals surface area contributed by atoms with Crippen LogP contribution in [0.25, 0.3) is 0 Å². The van der Waals surface area contributed by atoms with Crippen molar-refractivity contribution in [1.29, 1.82) is 0 Å². The van der Waals surface area contributed by atoms with E-state index in [0.29, 0.717) is 25.2 Å². The van der Waals surface area contributed by atoms with E-state index in [0.717, 1.165) is 17.7 Å². The Morgan fingerprint density at radius 3 is 2.79 bits per heavy atom. The highest BCUT2D eigenvalue weighted by Crippen LogP contribution is 2.41. The molecule has 4 heteroatoms. The van der Waals surface area contributed by atoms with E-state index in [9.17, 15) is 5.11 Å². The first kappa shape index (κ1) is 14.2. The molecule has 0 amide bonds. The Morgan fingerprint density at radius 1 is 1.37 bits per heavy atom. The SMILES string of the molecule is CCC1CC(O)(c2ccc(OC)cc2OC)CCO1. The fraction of sp³-hybridized carbons (Fsp3) is 0.600. The summed E-state index contributed by atoms with van der Waals surface area (Å²) in [5.41, 5.74) is -0.0613. The van der Waals surface area contributed by atoms with Gasteiger partial charge in [0, 0.05) is 24.5 Å². The molecule has 1 aromatic carbocycles. The lowest BCUT2D eigenvalue weighted by Crippen LogP contribution is -2.38. The van der Waals surface area contributed by atoms with Gasteiger partial charge in [0.2, 0.25) is 0 Å². The Hall–Kier alpha value is -1.26. The summed E-state index contributed by atoms with van der Waals surface area (Å²) in [7, 11) is 3.23. The van der Waals surface area contributed by atoms with E-state index >= 15 is 0 Å². The van der Waals surface area contributed by atoms with Gasteiger partial charge in [0.05, 0.1) is 32.5 Å². The van der Waals surface area contributed by atoms with Gasteiger partial charge in [-0.25, -0.2) is 0 Å². The minimum absolute atomic E-state index is 0.102. The minimum atomic E-state index is -0.878. The van der Waals surface area contributed by atoms with Crippen LogP contribution in [0.15, 0.2) is 18.2 Å². The van der Waals surface area contributed by atoms with Crippen molar-refractivity contribution < 1.29 is 19.3 Å². The van der Waals surface area contributed by atoms with Crippen molar-refractivity contribution in [3.63, 3.8) is 0 Å². The lowest BCUT2D eigenvalue weighted by atomic mass is 9.82. The standard InChI is InChI=1S/C15H22O4/c1-4-11-10-15(16,7-8-19-11)13-6-5-12(17-2)9-14(13)18-3/h5-6,9,11,16H,4,7-8,10H2,1-3H3. The molecule has 1 saturated heterocycles. The molecule has 0 aliphatic carbocycles. The molecule has 0 bridgehead atoms. The summed E-state index contributed by atoms with van der Waals surface area (Å²) in [4.78, 5) is 0. The minimum Gasteiger partial charge on any atom is -0.497 e. The summed E-state index contributed by atoms with van der Waals surface area (Å²) in [6, 6.07) is 5.55. The van der Waals surface area contributed by atoms with Crippen LogP contribution in [0.1, 0.15) is 31.7 Å². The Labute approximate surface area is 114 Å². The third-order valence-electron chi connectivity index (χ3n) is 3.80. The zero-order valence-corrected chi connectivity index (χ0v) is 11.8. The van der Waals surface area contributed by atoms with Crippen LogP contribution in [0.3, 0.4) is 0 Å². The molecule has 1 aliphatic rings. The van der Waals surface area contributed by atoms with Gasteiger partial charge in [-0.05, 0) is 18.6 Å². The molecular formula is C15H22O4. The summed E-state index contributed by atoms with van der Waals surface area (Å²) >= 11 is 0. The molecule has 2 atom stereocenters. The lowest BCUT2D eigenvalue weighted by molar-refractivity contribution is -0.109. The first-order valence-electron chi connectivity index (χ1n) is 6.69. The van der Waals surface area contributed by atoms with Crippen molar-refractivity contribution in [2.75, 3.05) is 20.8 Å². The largest absolute Gasteiger partial charge is 0.497 e. The molecule has 0 saturated carbocycles. The Kier molecular flexibility index (Phi) is 4.32. The number of ether oxygens (including phenoxy) is 3. The summed E-state index contributed by atoms with van der Waals surface area (Å²) in [5.74, 6) is 1.39. The Balaban J connectivity index is 2.33. The topological polar surface area (TPSA) is 47.9 Å². The molecule has 1 aromatic rings. The number of hydrogen-bond acceptors (Lipinski definition) is 4. The zero-order chi connectivity index (χ0) is 13.9. The molecule has 0 spiro atoms. The van der Waals surface area contributed by atoms with Gasteiger partial charge in [0.15, 0.2) is 0 Å². The van der Waals surface area contributed by atoms with Gasteiger partial charge in [-0.1, -0.05) is 6.92 Å². The number of benzene rings is 1. The highest BCUT2D eigenvalue weighted by atomic mass is 16.5. The molecule has 2 rings (SSSR count). The van der Waals surface area contributed by atoms with Gasteiger partial charge in [0.1, 0.15) is 11.5 Å². The van der Waals surface area contributed by atoms with Crippen molar-refractivity contribution in [2.24, 2.45) is 0 Å². The molecule has 19 heavy (non-hydrogen) atoms. The normalized spacial score (nSPS) is 27.1. The molecule has 2 unspecified atom stereocenters. The fourth-order valence-electron chi connectivity index (χ4n) is 2.62. The Bertz CT molecular complexity index is 432. The molecule has 4 nitrogen and oxygen atoms in total. The van der Waals surface area contributed by atoms with Gasteiger partial charge in [-0.15, -0.1) is 0 Å².